The highest BCUT2D eigenvalue weighted by Crippen LogP contribution is 2.43. The summed E-state index contributed by atoms with van der Waals surface area (Å²) in [7, 11) is 1.84. The van der Waals surface area contributed by atoms with Gasteiger partial charge in [0.1, 0.15) is 0 Å². The number of hydrogen-bond acceptors (Lipinski definition) is 4. The van der Waals surface area contributed by atoms with Crippen LogP contribution in [0.25, 0.3) is 0 Å². The molecule has 0 aliphatic heterocycles. The van der Waals surface area contributed by atoms with Crippen LogP contribution in [-0.2, 0) is 13.5 Å². The number of nitrogens with one attached hydrogen (secondary N) is 1. The molecule has 120 valence electrons. The molecule has 3 atom stereocenters. The first-order valence-corrected chi connectivity index (χ1v) is 8.33. The molecule has 1 aliphatic rings. The quantitative estimate of drug-likeness (QED) is 0.906. The average Bonchev–Trinajstić information content (AvgIpc) is 2.81. The largest absolute Gasteiger partial charge is 0.317 e. The second kappa shape index (κ2) is 6.86. The van der Waals surface area contributed by atoms with Crippen LogP contribution >= 0.6 is 0 Å². The van der Waals surface area contributed by atoms with Crippen molar-refractivity contribution in [2.45, 2.75) is 53.4 Å². The van der Waals surface area contributed by atoms with Crippen LogP contribution in [-0.4, -0.2) is 33.3 Å². The molecule has 0 radical (unpaired) electrons. The Hall–Kier alpha value is -0.970. The maximum Gasteiger partial charge on any atom is 0.175 e. The first kappa shape index (κ1) is 16.4. The third-order valence-corrected chi connectivity index (χ3v) is 5.02. The van der Waals surface area contributed by atoms with Gasteiger partial charge in [0.25, 0.3) is 0 Å². The van der Waals surface area contributed by atoms with E-state index in [0.29, 0.717) is 11.3 Å². The SMILES string of the molecule is CCNCC1CCC(C(C)(C)C)CC1Cc1nnn(C)n1. The van der Waals surface area contributed by atoms with Crippen molar-refractivity contribution in [2.24, 2.45) is 30.2 Å². The molecule has 1 heterocycles. The van der Waals surface area contributed by atoms with Crippen LogP contribution in [0.5, 0.6) is 0 Å². The molecular formula is C16H31N5. The van der Waals surface area contributed by atoms with Crippen molar-refractivity contribution in [2.75, 3.05) is 13.1 Å². The molecule has 1 N–H and O–H groups in total. The van der Waals surface area contributed by atoms with Crippen molar-refractivity contribution >= 4 is 0 Å². The Balaban J connectivity index is 2.05. The minimum atomic E-state index is 0.400. The van der Waals surface area contributed by atoms with Gasteiger partial charge in [0.05, 0.1) is 7.05 Å². The summed E-state index contributed by atoms with van der Waals surface area (Å²) in [6.07, 6.45) is 4.93. The highest BCUT2D eigenvalue weighted by atomic mass is 15.6. The first-order chi connectivity index (χ1) is 9.90. The molecule has 5 nitrogen and oxygen atoms in total. The van der Waals surface area contributed by atoms with Crippen molar-refractivity contribution in [3.8, 4) is 0 Å². The van der Waals surface area contributed by atoms with E-state index >= 15 is 0 Å². The Bertz CT molecular complexity index is 434. The van der Waals surface area contributed by atoms with Crippen molar-refractivity contribution in [3.63, 3.8) is 0 Å². The van der Waals surface area contributed by atoms with Gasteiger partial charge in [0, 0.05) is 6.42 Å². The average molecular weight is 293 g/mol. The maximum atomic E-state index is 4.38. The summed E-state index contributed by atoms with van der Waals surface area (Å²) < 4.78 is 0. The minimum absolute atomic E-state index is 0.400. The first-order valence-electron chi connectivity index (χ1n) is 8.33. The third-order valence-electron chi connectivity index (χ3n) is 5.02. The second-order valence-electron chi connectivity index (χ2n) is 7.60. The van der Waals surface area contributed by atoms with Gasteiger partial charge in [-0.05, 0) is 60.7 Å². The van der Waals surface area contributed by atoms with Crippen molar-refractivity contribution in [3.05, 3.63) is 5.82 Å². The molecule has 1 aromatic rings. The zero-order chi connectivity index (χ0) is 15.5. The van der Waals surface area contributed by atoms with Crippen LogP contribution in [0.3, 0.4) is 0 Å². The summed E-state index contributed by atoms with van der Waals surface area (Å²) in [6, 6.07) is 0. The Morgan fingerprint density at radius 3 is 2.57 bits per heavy atom. The van der Waals surface area contributed by atoms with E-state index in [4.69, 9.17) is 0 Å². The molecule has 1 fully saturated rings. The summed E-state index contributed by atoms with van der Waals surface area (Å²) in [5.41, 5.74) is 0.400. The number of aromatic nitrogens is 4. The number of nitrogens with zero attached hydrogens (tertiary/aromatic N) is 4. The molecule has 1 aromatic heterocycles. The van der Waals surface area contributed by atoms with E-state index in [-0.39, 0.29) is 0 Å². The lowest BCUT2D eigenvalue weighted by atomic mass is 9.64. The Kier molecular flexibility index (Phi) is 5.36. The van der Waals surface area contributed by atoms with E-state index in [0.717, 1.165) is 37.2 Å². The van der Waals surface area contributed by atoms with E-state index < -0.39 is 0 Å². The van der Waals surface area contributed by atoms with Gasteiger partial charge in [0.15, 0.2) is 5.82 Å². The highest BCUT2D eigenvalue weighted by Gasteiger charge is 2.36. The van der Waals surface area contributed by atoms with Crippen molar-refractivity contribution < 1.29 is 0 Å². The molecule has 21 heavy (non-hydrogen) atoms. The molecular weight excluding hydrogens is 262 g/mol. The van der Waals surface area contributed by atoms with Crippen LogP contribution in [0.15, 0.2) is 0 Å². The van der Waals surface area contributed by atoms with E-state index in [1.54, 1.807) is 4.80 Å². The fraction of sp³-hybridized carbons (Fsp3) is 0.938. The molecule has 0 aromatic carbocycles. The summed E-state index contributed by atoms with van der Waals surface area (Å²) >= 11 is 0. The van der Waals surface area contributed by atoms with E-state index in [1.165, 1.54) is 19.3 Å². The molecule has 0 spiro atoms. The van der Waals surface area contributed by atoms with Gasteiger partial charge in [-0.2, -0.15) is 4.80 Å². The Labute approximate surface area is 128 Å². The van der Waals surface area contributed by atoms with E-state index in [1.807, 2.05) is 7.05 Å². The zero-order valence-corrected chi connectivity index (χ0v) is 14.3. The van der Waals surface area contributed by atoms with Gasteiger partial charge in [-0.3, -0.25) is 0 Å². The second-order valence-corrected chi connectivity index (χ2v) is 7.60. The molecule has 2 rings (SSSR count). The van der Waals surface area contributed by atoms with Gasteiger partial charge < -0.3 is 5.32 Å². The molecule has 1 aliphatic carbocycles. The third kappa shape index (κ3) is 4.50. The molecule has 5 heteroatoms. The van der Waals surface area contributed by atoms with Gasteiger partial charge in [0.2, 0.25) is 0 Å². The van der Waals surface area contributed by atoms with Crippen molar-refractivity contribution in [1.82, 2.24) is 25.5 Å². The van der Waals surface area contributed by atoms with E-state index in [2.05, 4.69) is 48.4 Å². The van der Waals surface area contributed by atoms with Crippen molar-refractivity contribution in [1.29, 1.82) is 0 Å². The van der Waals surface area contributed by atoms with Crippen LogP contribution in [0, 0.1) is 23.2 Å². The van der Waals surface area contributed by atoms with E-state index in [9.17, 15) is 0 Å². The van der Waals surface area contributed by atoms with Gasteiger partial charge >= 0.3 is 0 Å². The summed E-state index contributed by atoms with van der Waals surface area (Å²) in [6.45, 7) is 11.5. The summed E-state index contributed by atoms with van der Waals surface area (Å²) in [5, 5.41) is 16.1. The van der Waals surface area contributed by atoms with Crippen LogP contribution in [0.4, 0.5) is 0 Å². The number of hydrogen-bond donors (Lipinski definition) is 1. The zero-order valence-electron chi connectivity index (χ0n) is 14.3. The lowest BCUT2D eigenvalue weighted by Gasteiger charge is -2.41. The van der Waals surface area contributed by atoms with Crippen LogP contribution in [0.2, 0.25) is 0 Å². The minimum Gasteiger partial charge on any atom is -0.317 e. The normalized spacial score (nSPS) is 27.0. The smallest absolute Gasteiger partial charge is 0.175 e. The molecule has 3 unspecified atom stereocenters. The van der Waals surface area contributed by atoms with Gasteiger partial charge in [-0.25, -0.2) is 0 Å². The fourth-order valence-corrected chi connectivity index (χ4v) is 3.60. The predicted molar refractivity (Wildman–Crippen MR) is 84.8 cm³/mol. The molecule has 0 amide bonds. The number of aryl methyl sites for hydroxylation is 1. The summed E-state index contributed by atoms with van der Waals surface area (Å²) in [5.74, 6) is 3.12. The Morgan fingerprint density at radius 1 is 1.24 bits per heavy atom. The molecule has 1 saturated carbocycles. The van der Waals surface area contributed by atoms with Gasteiger partial charge in [-0.1, -0.05) is 27.7 Å². The monoisotopic (exact) mass is 293 g/mol. The fourth-order valence-electron chi connectivity index (χ4n) is 3.60. The molecule has 0 saturated heterocycles. The lowest BCUT2D eigenvalue weighted by Crippen LogP contribution is -2.37. The Morgan fingerprint density at radius 2 is 2.00 bits per heavy atom. The maximum absolute atomic E-state index is 4.38. The van der Waals surface area contributed by atoms with Crippen LogP contribution in [0.1, 0.15) is 52.8 Å². The standard InChI is InChI=1S/C16H31N5/c1-6-17-11-12-7-8-14(16(2,3)4)9-13(12)10-15-18-20-21(5)19-15/h12-14,17H,6-11H2,1-5H3. The molecule has 0 bridgehead atoms. The van der Waals surface area contributed by atoms with Gasteiger partial charge in [-0.15, -0.1) is 10.2 Å². The topological polar surface area (TPSA) is 55.6 Å². The van der Waals surface area contributed by atoms with Crippen LogP contribution < -0.4 is 5.32 Å². The summed E-state index contributed by atoms with van der Waals surface area (Å²) in [4.78, 5) is 1.57. The predicted octanol–water partition coefficient (Wildman–Crippen LogP) is 2.44. The highest BCUT2D eigenvalue weighted by molar-refractivity contribution is 4.91. The lowest BCUT2D eigenvalue weighted by molar-refractivity contribution is 0.0963. The number of tetrazole rings is 1. The number of rotatable bonds is 5.